The zero-order valence-electron chi connectivity index (χ0n) is 18.0. The summed E-state index contributed by atoms with van der Waals surface area (Å²) >= 11 is 0. The van der Waals surface area contributed by atoms with Crippen molar-refractivity contribution in [3.8, 4) is 0 Å². The molecule has 0 unspecified atom stereocenters. The molecule has 11 nitrogen and oxygen atoms in total. The first kappa shape index (κ1) is 24.9. The molecule has 0 spiro atoms. The van der Waals surface area contributed by atoms with Gasteiger partial charge in [0.2, 0.25) is 11.6 Å². The summed E-state index contributed by atoms with van der Waals surface area (Å²) in [5.41, 5.74) is -2.45. The van der Waals surface area contributed by atoms with Crippen molar-refractivity contribution >= 4 is 40.6 Å². The SMILES string of the molecule is COC(=O)c1cc(Nc2ncnc(Nc3ccccc3C(F)(F)F)c2[N+](=O)[O-])cc(C(=O)OC)c1. The molecule has 2 aromatic carbocycles. The lowest BCUT2D eigenvalue weighted by Crippen LogP contribution is -2.11. The molecule has 0 saturated carbocycles. The van der Waals surface area contributed by atoms with E-state index in [1.54, 1.807) is 0 Å². The predicted octanol–water partition coefficient (Wildman–Crippen LogP) is 4.46. The van der Waals surface area contributed by atoms with Crippen LogP contribution in [0.25, 0.3) is 0 Å². The summed E-state index contributed by atoms with van der Waals surface area (Å²) in [5, 5.41) is 16.7. The minimum Gasteiger partial charge on any atom is -0.465 e. The second kappa shape index (κ2) is 10.0. The molecule has 0 radical (unpaired) electrons. The van der Waals surface area contributed by atoms with Crippen LogP contribution >= 0.6 is 0 Å². The standard InChI is InChI=1S/C21H16F3N5O6/c1-34-19(30)11-7-12(20(31)35-2)9-13(8-11)27-17-16(29(32)33)18(26-10-25-17)28-15-6-4-3-5-14(15)21(22,23)24/h3-10H,1-2H3,(H2,25,26,27,28). The highest BCUT2D eigenvalue weighted by Gasteiger charge is 2.34. The van der Waals surface area contributed by atoms with Gasteiger partial charge in [0.15, 0.2) is 0 Å². The van der Waals surface area contributed by atoms with E-state index in [0.717, 1.165) is 32.7 Å². The van der Waals surface area contributed by atoms with Gasteiger partial charge in [-0.1, -0.05) is 12.1 Å². The smallest absolute Gasteiger partial charge is 0.418 e. The number of alkyl halides is 3. The van der Waals surface area contributed by atoms with Gasteiger partial charge in [-0.05, 0) is 30.3 Å². The number of ether oxygens (including phenoxy) is 2. The number of benzene rings is 2. The number of carbonyl (C=O) groups is 2. The number of aromatic nitrogens is 2. The van der Waals surface area contributed by atoms with E-state index in [4.69, 9.17) is 0 Å². The van der Waals surface area contributed by atoms with Gasteiger partial charge in [-0.2, -0.15) is 13.2 Å². The summed E-state index contributed by atoms with van der Waals surface area (Å²) in [7, 11) is 2.23. The van der Waals surface area contributed by atoms with Crippen LogP contribution in [0.4, 0.5) is 41.9 Å². The van der Waals surface area contributed by atoms with Crippen molar-refractivity contribution in [1.82, 2.24) is 9.97 Å². The fraction of sp³-hybridized carbons (Fsp3) is 0.143. The second-order valence-electron chi connectivity index (χ2n) is 6.75. The van der Waals surface area contributed by atoms with E-state index in [1.165, 1.54) is 30.3 Å². The molecule has 1 heterocycles. The van der Waals surface area contributed by atoms with E-state index in [1.807, 2.05) is 0 Å². The van der Waals surface area contributed by atoms with Gasteiger partial charge in [0, 0.05) is 5.69 Å². The molecular weight excluding hydrogens is 475 g/mol. The normalized spacial score (nSPS) is 10.9. The Morgan fingerprint density at radius 1 is 0.943 bits per heavy atom. The summed E-state index contributed by atoms with van der Waals surface area (Å²) in [5.74, 6) is -2.56. The summed E-state index contributed by atoms with van der Waals surface area (Å²) in [4.78, 5) is 42.4. The first-order valence-electron chi connectivity index (χ1n) is 9.56. The average molecular weight is 491 g/mol. The number of hydrogen-bond donors (Lipinski definition) is 2. The molecule has 0 bridgehead atoms. The average Bonchev–Trinajstić information content (AvgIpc) is 2.82. The Balaban J connectivity index is 2.07. The predicted molar refractivity (Wildman–Crippen MR) is 116 cm³/mol. The fourth-order valence-corrected chi connectivity index (χ4v) is 3.01. The molecule has 0 fully saturated rings. The van der Waals surface area contributed by atoms with Crippen molar-refractivity contribution in [2.45, 2.75) is 6.18 Å². The third-order valence-electron chi connectivity index (χ3n) is 4.53. The molecule has 14 heteroatoms. The van der Waals surface area contributed by atoms with Gasteiger partial charge >= 0.3 is 23.8 Å². The molecule has 0 aliphatic carbocycles. The number of anilines is 4. The van der Waals surface area contributed by atoms with Crippen LogP contribution in [-0.2, 0) is 15.7 Å². The summed E-state index contributed by atoms with van der Waals surface area (Å²) in [6.07, 6.45) is -3.84. The lowest BCUT2D eigenvalue weighted by atomic mass is 10.1. The second-order valence-corrected chi connectivity index (χ2v) is 6.75. The van der Waals surface area contributed by atoms with Crippen molar-refractivity contribution < 1.29 is 37.2 Å². The van der Waals surface area contributed by atoms with E-state index in [9.17, 15) is 32.9 Å². The van der Waals surface area contributed by atoms with Crippen LogP contribution in [-0.4, -0.2) is 41.0 Å². The third-order valence-corrected chi connectivity index (χ3v) is 4.53. The van der Waals surface area contributed by atoms with Crippen LogP contribution in [0.1, 0.15) is 26.3 Å². The highest BCUT2D eigenvalue weighted by molar-refractivity contribution is 5.97. The van der Waals surface area contributed by atoms with Crippen LogP contribution in [0.3, 0.4) is 0 Å². The molecule has 0 aliphatic heterocycles. The van der Waals surface area contributed by atoms with Crippen molar-refractivity contribution in [3.05, 3.63) is 75.6 Å². The number of para-hydroxylation sites is 1. The number of rotatable bonds is 7. The number of esters is 2. The molecule has 0 aliphatic rings. The molecule has 0 atom stereocenters. The number of nitro groups is 1. The highest BCUT2D eigenvalue weighted by Crippen LogP contribution is 2.38. The Morgan fingerprint density at radius 2 is 1.49 bits per heavy atom. The van der Waals surface area contributed by atoms with Gasteiger partial charge < -0.3 is 20.1 Å². The zero-order chi connectivity index (χ0) is 25.8. The van der Waals surface area contributed by atoms with Crippen LogP contribution < -0.4 is 10.6 Å². The Kier molecular flexibility index (Phi) is 7.13. The summed E-state index contributed by atoms with van der Waals surface area (Å²) in [6, 6.07) is 8.04. The van der Waals surface area contributed by atoms with E-state index >= 15 is 0 Å². The van der Waals surface area contributed by atoms with Crippen molar-refractivity contribution in [2.75, 3.05) is 24.9 Å². The molecule has 0 amide bonds. The van der Waals surface area contributed by atoms with Gasteiger partial charge in [0.05, 0.1) is 41.5 Å². The summed E-state index contributed by atoms with van der Waals surface area (Å²) in [6.45, 7) is 0. The lowest BCUT2D eigenvalue weighted by Gasteiger charge is -2.15. The van der Waals surface area contributed by atoms with Gasteiger partial charge in [0.1, 0.15) is 6.33 Å². The number of hydrogen-bond acceptors (Lipinski definition) is 10. The molecule has 1 aromatic heterocycles. The summed E-state index contributed by atoms with van der Waals surface area (Å²) < 4.78 is 49.3. The minimum absolute atomic E-state index is 0.0109. The monoisotopic (exact) mass is 491 g/mol. The Bertz CT molecular complexity index is 1260. The van der Waals surface area contributed by atoms with Crippen LogP contribution in [0.2, 0.25) is 0 Å². The van der Waals surface area contributed by atoms with E-state index in [2.05, 4.69) is 30.1 Å². The lowest BCUT2D eigenvalue weighted by molar-refractivity contribution is -0.383. The zero-order valence-corrected chi connectivity index (χ0v) is 18.0. The number of carbonyl (C=O) groups excluding carboxylic acids is 2. The molecule has 3 rings (SSSR count). The fourth-order valence-electron chi connectivity index (χ4n) is 3.01. The van der Waals surface area contributed by atoms with Gasteiger partial charge in [-0.25, -0.2) is 19.6 Å². The first-order valence-corrected chi connectivity index (χ1v) is 9.56. The van der Waals surface area contributed by atoms with Gasteiger partial charge in [0.25, 0.3) is 0 Å². The van der Waals surface area contributed by atoms with E-state index in [-0.39, 0.29) is 16.8 Å². The number of nitrogens with one attached hydrogen (secondary N) is 2. The van der Waals surface area contributed by atoms with Crippen molar-refractivity contribution in [2.24, 2.45) is 0 Å². The highest BCUT2D eigenvalue weighted by atomic mass is 19.4. The molecule has 35 heavy (non-hydrogen) atoms. The molecular formula is C21H16F3N5O6. The van der Waals surface area contributed by atoms with Crippen LogP contribution in [0, 0.1) is 10.1 Å². The van der Waals surface area contributed by atoms with Gasteiger partial charge in [-0.15, -0.1) is 0 Å². The van der Waals surface area contributed by atoms with Crippen molar-refractivity contribution in [3.63, 3.8) is 0 Å². The number of nitrogens with zero attached hydrogens (tertiary/aromatic N) is 3. The minimum atomic E-state index is -4.73. The van der Waals surface area contributed by atoms with Crippen LogP contribution in [0.5, 0.6) is 0 Å². The number of halogens is 3. The largest absolute Gasteiger partial charge is 0.465 e. The molecule has 2 N–H and O–H groups in total. The van der Waals surface area contributed by atoms with Crippen molar-refractivity contribution in [1.29, 1.82) is 0 Å². The van der Waals surface area contributed by atoms with Gasteiger partial charge in [-0.3, -0.25) is 10.1 Å². The molecule has 3 aromatic rings. The maximum atomic E-state index is 13.3. The van der Waals surface area contributed by atoms with Crippen LogP contribution in [0.15, 0.2) is 48.8 Å². The third kappa shape index (κ3) is 5.61. The topological polar surface area (TPSA) is 146 Å². The Labute approximate surface area is 195 Å². The molecule has 0 saturated heterocycles. The van der Waals surface area contributed by atoms with E-state index < -0.39 is 51.6 Å². The molecule has 182 valence electrons. The maximum absolute atomic E-state index is 13.3. The Morgan fingerprint density at radius 3 is 2.00 bits per heavy atom. The van der Waals surface area contributed by atoms with E-state index in [0.29, 0.717) is 0 Å². The number of methoxy groups -OCH3 is 2. The maximum Gasteiger partial charge on any atom is 0.418 e. The quantitative estimate of drug-likeness (QED) is 0.276. The first-order chi connectivity index (χ1) is 16.5. The Hall–Kier alpha value is -4.75.